The van der Waals surface area contributed by atoms with Crippen LogP contribution in [-0.2, 0) is 32.2 Å². The Morgan fingerprint density at radius 1 is 1.39 bits per heavy atom. The van der Waals surface area contributed by atoms with Gasteiger partial charge in [-0.15, -0.1) is 0 Å². The molecule has 1 aliphatic heterocycles. The lowest BCUT2D eigenvalue weighted by Gasteiger charge is -2.23. The van der Waals surface area contributed by atoms with Crippen molar-refractivity contribution >= 4 is 21.9 Å². The Morgan fingerprint density at radius 2 is 1.94 bits per heavy atom. The van der Waals surface area contributed by atoms with Crippen LogP contribution in [0.3, 0.4) is 0 Å². The predicted octanol–water partition coefficient (Wildman–Crippen LogP) is 2.39. The molecule has 0 unspecified atom stereocenters. The van der Waals surface area contributed by atoms with Crippen LogP contribution in [0.4, 0.5) is 0 Å². The second kappa shape index (κ2) is 6.31. The van der Waals surface area contributed by atoms with E-state index in [2.05, 4.69) is 15.9 Å². The third-order valence-electron chi connectivity index (χ3n) is 2.70. The Balaban J connectivity index is 2.04. The predicted molar refractivity (Wildman–Crippen MR) is 69.2 cm³/mol. The van der Waals surface area contributed by atoms with E-state index in [1.165, 1.54) is 6.92 Å². The Morgan fingerprint density at radius 3 is 2.39 bits per heavy atom. The summed E-state index contributed by atoms with van der Waals surface area (Å²) in [4.78, 5) is 11.0. The highest BCUT2D eigenvalue weighted by atomic mass is 79.9. The van der Waals surface area contributed by atoms with Crippen molar-refractivity contribution in [2.45, 2.75) is 32.5 Å². The maximum atomic E-state index is 11.0. The van der Waals surface area contributed by atoms with E-state index >= 15 is 0 Å². The zero-order valence-electron chi connectivity index (χ0n) is 10.1. The number of rotatable bonds is 3. The fourth-order valence-corrected chi connectivity index (χ4v) is 2.26. The van der Waals surface area contributed by atoms with Gasteiger partial charge in [0.05, 0.1) is 13.2 Å². The summed E-state index contributed by atoms with van der Waals surface area (Å²) in [6.07, 6.45) is -0.975. The van der Waals surface area contributed by atoms with Crippen LogP contribution in [0.15, 0.2) is 24.3 Å². The van der Waals surface area contributed by atoms with Crippen molar-refractivity contribution in [3.63, 3.8) is 0 Å². The summed E-state index contributed by atoms with van der Waals surface area (Å²) >= 11 is 3.30. The minimum Gasteiger partial charge on any atom is -0.456 e. The molecule has 1 atom stereocenters. The minimum atomic E-state index is -0.541. The van der Waals surface area contributed by atoms with Crippen molar-refractivity contribution in [2.75, 3.05) is 5.33 Å². The number of fused-ring (bicyclic) bond motifs is 1. The van der Waals surface area contributed by atoms with E-state index in [1.54, 1.807) is 0 Å². The van der Waals surface area contributed by atoms with Crippen molar-refractivity contribution in [2.24, 2.45) is 0 Å². The van der Waals surface area contributed by atoms with Crippen molar-refractivity contribution in [1.29, 1.82) is 0 Å². The molecule has 0 spiro atoms. The lowest BCUT2D eigenvalue weighted by molar-refractivity contribution is -0.207. The molecule has 0 bridgehead atoms. The molecule has 5 heteroatoms. The Bertz CT molecular complexity index is 394. The summed E-state index contributed by atoms with van der Waals surface area (Å²) in [6.45, 7) is 2.30. The van der Waals surface area contributed by atoms with Crippen LogP contribution in [0.25, 0.3) is 0 Å². The first-order chi connectivity index (χ1) is 8.70. The van der Waals surface area contributed by atoms with Gasteiger partial charge < -0.3 is 14.2 Å². The minimum absolute atomic E-state index is 0.339. The summed E-state index contributed by atoms with van der Waals surface area (Å²) in [5.74, 6) is -0.339. The first kappa shape index (κ1) is 13.5. The van der Waals surface area contributed by atoms with E-state index in [1.807, 2.05) is 24.3 Å². The molecule has 0 amide bonds. The van der Waals surface area contributed by atoms with Gasteiger partial charge >= 0.3 is 5.97 Å². The average Bonchev–Trinajstić information content (AvgIpc) is 2.58. The second-order valence-corrected chi connectivity index (χ2v) is 4.71. The van der Waals surface area contributed by atoms with Crippen molar-refractivity contribution < 1.29 is 19.0 Å². The van der Waals surface area contributed by atoms with Gasteiger partial charge in [0, 0.05) is 12.3 Å². The third kappa shape index (κ3) is 3.31. The molecular weight excluding hydrogens is 300 g/mol. The first-order valence-corrected chi connectivity index (χ1v) is 6.86. The molecule has 1 aromatic carbocycles. The summed E-state index contributed by atoms with van der Waals surface area (Å²) < 4.78 is 16.5. The number of carbonyl (C=O) groups is 1. The zero-order chi connectivity index (χ0) is 13.0. The SMILES string of the molecule is CC(=O)O[C@@H](CBr)C1OCc2ccccc2CO1. The molecule has 0 radical (unpaired) electrons. The topological polar surface area (TPSA) is 44.8 Å². The highest BCUT2D eigenvalue weighted by molar-refractivity contribution is 9.09. The Hall–Kier alpha value is -0.910. The number of halogens is 1. The molecule has 1 aromatic rings. The van der Waals surface area contributed by atoms with Crippen LogP contribution in [0.1, 0.15) is 18.1 Å². The van der Waals surface area contributed by atoms with Crippen molar-refractivity contribution in [3.8, 4) is 0 Å². The van der Waals surface area contributed by atoms with Gasteiger partial charge in [0.25, 0.3) is 0 Å². The summed E-state index contributed by atoms with van der Waals surface area (Å²) in [7, 11) is 0. The molecule has 0 saturated heterocycles. The molecule has 98 valence electrons. The van der Waals surface area contributed by atoms with Gasteiger partial charge in [0.1, 0.15) is 0 Å². The maximum absolute atomic E-state index is 11.0. The first-order valence-electron chi connectivity index (χ1n) is 5.74. The van der Waals surface area contributed by atoms with Crippen molar-refractivity contribution in [1.82, 2.24) is 0 Å². The van der Waals surface area contributed by atoms with Gasteiger partial charge in [0.15, 0.2) is 12.4 Å². The number of carbonyl (C=O) groups excluding carboxylic acids is 1. The quantitative estimate of drug-likeness (QED) is 0.635. The lowest BCUT2D eigenvalue weighted by Crippen LogP contribution is -2.35. The molecule has 2 rings (SSSR count). The van der Waals surface area contributed by atoms with Crippen LogP contribution in [-0.4, -0.2) is 23.7 Å². The number of hydrogen-bond acceptors (Lipinski definition) is 4. The van der Waals surface area contributed by atoms with Crippen LogP contribution in [0, 0.1) is 0 Å². The van der Waals surface area contributed by atoms with Crippen LogP contribution in [0.5, 0.6) is 0 Å². The van der Waals surface area contributed by atoms with Gasteiger partial charge in [-0.05, 0) is 11.1 Å². The maximum Gasteiger partial charge on any atom is 0.303 e. The van der Waals surface area contributed by atoms with E-state index in [4.69, 9.17) is 14.2 Å². The fraction of sp³-hybridized carbons (Fsp3) is 0.462. The number of ether oxygens (including phenoxy) is 3. The van der Waals surface area contributed by atoms with Crippen LogP contribution in [0.2, 0.25) is 0 Å². The monoisotopic (exact) mass is 314 g/mol. The molecule has 0 N–H and O–H groups in total. The lowest BCUT2D eigenvalue weighted by atomic mass is 10.1. The molecule has 0 aromatic heterocycles. The van der Waals surface area contributed by atoms with Gasteiger partial charge in [-0.2, -0.15) is 0 Å². The summed E-state index contributed by atoms with van der Waals surface area (Å²) in [5, 5.41) is 0.480. The average molecular weight is 315 g/mol. The number of esters is 1. The van der Waals surface area contributed by atoms with E-state index in [9.17, 15) is 4.79 Å². The zero-order valence-corrected chi connectivity index (χ0v) is 11.7. The number of hydrogen-bond donors (Lipinski definition) is 0. The normalized spacial score (nSPS) is 17.7. The molecule has 0 fully saturated rings. The Labute approximate surface area is 114 Å². The highest BCUT2D eigenvalue weighted by Gasteiger charge is 2.27. The largest absolute Gasteiger partial charge is 0.456 e. The highest BCUT2D eigenvalue weighted by Crippen LogP contribution is 2.21. The van der Waals surface area contributed by atoms with E-state index in [-0.39, 0.29) is 5.97 Å². The van der Waals surface area contributed by atoms with Crippen LogP contribution < -0.4 is 0 Å². The number of alkyl halides is 1. The molecule has 4 nitrogen and oxygen atoms in total. The van der Waals surface area contributed by atoms with Gasteiger partial charge in [0.2, 0.25) is 0 Å². The van der Waals surface area contributed by atoms with Gasteiger partial charge in [-0.1, -0.05) is 40.2 Å². The van der Waals surface area contributed by atoms with E-state index in [0.717, 1.165) is 11.1 Å². The smallest absolute Gasteiger partial charge is 0.303 e. The van der Waals surface area contributed by atoms with Gasteiger partial charge in [-0.25, -0.2) is 0 Å². The molecule has 18 heavy (non-hydrogen) atoms. The molecule has 0 aliphatic carbocycles. The molecular formula is C13H15BrO4. The van der Waals surface area contributed by atoms with E-state index < -0.39 is 12.4 Å². The van der Waals surface area contributed by atoms with Crippen LogP contribution >= 0.6 is 15.9 Å². The molecule has 0 saturated carbocycles. The standard InChI is InChI=1S/C13H15BrO4/c1-9(15)18-12(6-14)13-16-7-10-4-2-3-5-11(10)8-17-13/h2-5,12-13H,6-8H2,1H3/t12-/m0/s1. The Kier molecular flexibility index (Phi) is 4.74. The molecule has 1 aliphatic rings. The van der Waals surface area contributed by atoms with Crippen molar-refractivity contribution in [3.05, 3.63) is 35.4 Å². The second-order valence-electron chi connectivity index (χ2n) is 4.06. The van der Waals surface area contributed by atoms with Gasteiger partial charge in [-0.3, -0.25) is 4.79 Å². The third-order valence-corrected chi connectivity index (χ3v) is 3.34. The molecule has 1 heterocycles. The fourth-order valence-electron chi connectivity index (χ4n) is 1.82. The number of benzene rings is 1. The van der Waals surface area contributed by atoms with E-state index in [0.29, 0.717) is 18.5 Å². The summed E-state index contributed by atoms with van der Waals surface area (Å²) in [5.41, 5.74) is 2.22. The summed E-state index contributed by atoms with van der Waals surface area (Å²) in [6, 6.07) is 7.96.